The molecule has 0 rings (SSSR count). The minimum Gasteiger partial charge on any atom is -0.316 e. The molecule has 0 aliphatic rings. The van der Waals surface area contributed by atoms with Gasteiger partial charge in [-0.15, -0.1) is 24.8 Å². The molecule has 4 heteroatoms. The SMILES string of the molecule is CC(C)C(N)N.Cl.Cl. The van der Waals surface area contributed by atoms with E-state index < -0.39 is 0 Å². The van der Waals surface area contributed by atoms with Crippen molar-refractivity contribution in [2.24, 2.45) is 17.4 Å². The van der Waals surface area contributed by atoms with Crippen molar-refractivity contribution >= 4 is 24.8 Å². The lowest BCUT2D eigenvalue weighted by Gasteiger charge is -2.06. The summed E-state index contributed by atoms with van der Waals surface area (Å²) in [5.41, 5.74) is 10.4. The molecule has 4 N–H and O–H groups in total. The highest BCUT2D eigenvalue weighted by molar-refractivity contribution is 5.85. The van der Waals surface area contributed by atoms with E-state index in [0.717, 1.165) is 0 Å². The fraction of sp³-hybridized carbons (Fsp3) is 1.00. The number of nitrogens with two attached hydrogens (primary N) is 2. The fourth-order valence-corrected chi connectivity index (χ4v) is 0. The second kappa shape index (κ2) is 7.50. The fourth-order valence-electron chi connectivity index (χ4n) is 0. The zero-order valence-electron chi connectivity index (χ0n) is 5.13. The predicted octanol–water partition coefficient (Wildman–Crippen LogP) is 0.729. The van der Waals surface area contributed by atoms with Crippen LogP contribution in [-0.4, -0.2) is 6.17 Å². The third-order valence-corrected chi connectivity index (χ3v) is 0.770. The third kappa shape index (κ3) is 9.71. The zero-order chi connectivity index (χ0) is 5.15. The van der Waals surface area contributed by atoms with Gasteiger partial charge in [-0.25, -0.2) is 0 Å². The molecule has 0 radical (unpaired) electrons. The Hall–Kier alpha value is 0.500. The molecule has 8 heavy (non-hydrogen) atoms. The molecule has 0 saturated carbocycles. The normalized spacial score (nSPS) is 8.25. The van der Waals surface area contributed by atoms with Crippen molar-refractivity contribution in [1.82, 2.24) is 0 Å². The van der Waals surface area contributed by atoms with Gasteiger partial charge in [0.05, 0.1) is 6.17 Å². The molecule has 0 aliphatic heterocycles. The summed E-state index contributed by atoms with van der Waals surface area (Å²) in [6, 6.07) is 0. The molecular weight excluding hydrogens is 147 g/mol. The van der Waals surface area contributed by atoms with Crippen LogP contribution in [0.3, 0.4) is 0 Å². The van der Waals surface area contributed by atoms with E-state index in [4.69, 9.17) is 11.5 Å². The zero-order valence-corrected chi connectivity index (χ0v) is 6.76. The van der Waals surface area contributed by atoms with Crippen molar-refractivity contribution in [3.8, 4) is 0 Å². The molecule has 0 fully saturated rings. The first kappa shape index (κ1) is 15.8. The van der Waals surface area contributed by atoms with Gasteiger partial charge in [-0.3, -0.25) is 0 Å². The van der Waals surface area contributed by atoms with Crippen molar-refractivity contribution < 1.29 is 0 Å². The summed E-state index contributed by atoms with van der Waals surface area (Å²) in [5, 5.41) is 0. The molecule has 0 amide bonds. The van der Waals surface area contributed by atoms with Gasteiger partial charge in [0, 0.05) is 0 Å². The van der Waals surface area contributed by atoms with Gasteiger partial charge in [0.2, 0.25) is 0 Å². The van der Waals surface area contributed by atoms with Gasteiger partial charge in [0.25, 0.3) is 0 Å². The van der Waals surface area contributed by atoms with Crippen LogP contribution in [0.4, 0.5) is 0 Å². The van der Waals surface area contributed by atoms with Crippen LogP contribution in [0.5, 0.6) is 0 Å². The molecule has 0 heterocycles. The molecule has 0 aliphatic carbocycles. The highest BCUT2D eigenvalue weighted by Gasteiger charge is 1.96. The summed E-state index contributed by atoms with van der Waals surface area (Å²) < 4.78 is 0. The molecule has 0 saturated heterocycles. The summed E-state index contributed by atoms with van der Waals surface area (Å²) in [5.74, 6) is 0.407. The van der Waals surface area contributed by atoms with Crippen LogP contribution in [0.15, 0.2) is 0 Å². The van der Waals surface area contributed by atoms with E-state index in [2.05, 4.69) is 0 Å². The maximum absolute atomic E-state index is 5.21. The van der Waals surface area contributed by atoms with E-state index in [1.807, 2.05) is 13.8 Å². The van der Waals surface area contributed by atoms with Crippen LogP contribution < -0.4 is 11.5 Å². The summed E-state index contributed by atoms with van der Waals surface area (Å²) >= 11 is 0. The summed E-state index contributed by atoms with van der Waals surface area (Å²) in [6.45, 7) is 3.98. The van der Waals surface area contributed by atoms with Crippen LogP contribution in [0, 0.1) is 5.92 Å². The van der Waals surface area contributed by atoms with Gasteiger partial charge in [-0.2, -0.15) is 0 Å². The lowest BCUT2D eigenvalue weighted by Crippen LogP contribution is -2.35. The molecule has 0 atom stereocenters. The first-order chi connectivity index (χ1) is 2.64. The predicted molar refractivity (Wildman–Crippen MR) is 41.5 cm³/mol. The smallest absolute Gasteiger partial charge is 0.0544 e. The summed E-state index contributed by atoms with van der Waals surface area (Å²) in [7, 11) is 0. The lowest BCUT2D eigenvalue weighted by atomic mass is 10.2. The molecule has 0 aromatic rings. The van der Waals surface area contributed by atoms with Crippen LogP contribution in [0.2, 0.25) is 0 Å². The minimum absolute atomic E-state index is 0. The monoisotopic (exact) mass is 160 g/mol. The standard InChI is InChI=1S/C4H12N2.2ClH/c1-3(2)4(5)6;;/h3-4H,5-6H2,1-2H3;2*1H. The Balaban J connectivity index is -0.000000125. The largest absolute Gasteiger partial charge is 0.316 e. The Morgan fingerprint density at radius 1 is 1.00 bits per heavy atom. The molecule has 0 spiro atoms. The maximum atomic E-state index is 5.21. The number of rotatable bonds is 1. The summed E-state index contributed by atoms with van der Waals surface area (Å²) in [6.07, 6.45) is -0.148. The van der Waals surface area contributed by atoms with E-state index in [1.54, 1.807) is 0 Å². The quantitative estimate of drug-likeness (QED) is 0.557. The van der Waals surface area contributed by atoms with Crippen LogP contribution in [0.1, 0.15) is 13.8 Å². The van der Waals surface area contributed by atoms with Crippen LogP contribution in [0.25, 0.3) is 0 Å². The van der Waals surface area contributed by atoms with Crippen LogP contribution >= 0.6 is 24.8 Å². The third-order valence-electron chi connectivity index (χ3n) is 0.770. The molecule has 54 valence electrons. The summed E-state index contributed by atoms with van der Waals surface area (Å²) in [4.78, 5) is 0. The van der Waals surface area contributed by atoms with Crippen molar-refractivity contribution in [1.29, 1.82) is 0 Å². The first-order valence-electron chi connectivity index (χ1n) is 2.15. The lowest BCUT2D eigenvalue weighted by molar-refractivity contribution is 0.509. The Labute approximate surface area is 62.8 Å². The van der Waals surface area contributed by atoms with Gasteiger partial charge < -0.3 is 11.5 Å². The number of hydrogen-bond donors (Lipinski definition) is 2. The average Bonchev–Trinajstić information content (AvgIpc) is 1.36. The van der Waals surface area contributed by atoms with E-state index in [9.17, 15) is 0 Å². The molecule has 0 unspecified atom stereocenters. The molecule has 2 nitrogen and oxygen atoms in total. The van der Waals surface area contributed by atoms with Gasteiger partial charge in [0.1, 0.15) is 0 Å². The van der Waals surface area contributed by atoms with E-state index in [1.165, 1.54) is 0 Å². The minimum atomic E-state index is -0.148. The maximum Gasteiger partial charge on any atom is 0.0544 e. The molecule has 0 bridgehead atoms. The topological polar surface area (TPSA) is 52.0 Å². The van der Waals surface area contributed by atoms with Crippen molar-refractivity contribution in [3.05, 3.63) is 0 Å². The van der Waals surface area contributed by atoms with Gasteiger partial charge >= 0.3 is 0 Å². The second-order valence-electron chi connectivity index (χ2n) is 1.82. The van der Waals surface area contributed by atoms with Gasteiger partial charge in [-0.1, -0.05) is 13.8 Å². The average molecular weight is 161 g/mol. The molecular formula is C4H14Cl2N2. The number of halogens is 2. The highest BCUT2D eigenvalue weighted by atomic mass is 35.5. The Morgan fingerprint density at radius 3 is 1.12 bits per heavy atom. The van der Waals surface area contributed by atoms with E-state index >= 15 is 0 Å². The first-order valence-corrected chi connectivity index (χ1v) is 2.15. The van der Waals surface area contributed by atoms with E-state index in [0.29, 0.717) is 5.92 Å². The molecule has 0 aromatic heterocycles. The Bertz CT molecular complexity index is 33.0. The highest BCUT2D eigenvalue weighted by Crippen LogP contribution is 1.88. The van der Waals surface area contributed by atoms with Gasteiger partial charge in [-0.05, 0) is 5.92 Å². The Kier molecular flexibility index (Phi) is 14.8. The number of hydrogen-bond acceptors (Lipinski definition) is 2. The second-order valence-corrected chi connectivity index (χ2v) is 1.82. The van der Waals surface area contributed by atoms with Crippen LogP contribution in [-0.2, 0) is 0 Å². The molecule has 0 aromatic carbocycles. The van der Waals surface area contributed by atoms with Crippen molar-refractivity contribution in [3.63, 3.8) is 0 Å². The van der Waals surface area contributed by atoms with Crippen molar-refractivity contribution in [2.45, 2.75) is 20.0 Å². The van der Waals surface area contributed by atoms with E-state index in [-0.39, 0.29) is 31.0 Å². The van der Waals surface area contributed by atoms with Crippen molar-refractivity contribution in [2.75, 3.05) is 0 Å². The Morgan fingerprint density at radius 2 is 1.12 bits per heavy atom. The van der Waals surface area contributed by atoms with Gasteiger partial charge in [0.15, 0.2) is 0 Å².